The Labute approximate surface area is 418 Å². The summed E-state index contributed by atoms with van der Waals surface area (Å²) in [7, 11) is 0. The lowest BCUT2D eigenvalue weighted by Crippen LogP contribution is -2.64. The molecule has 2 aromatic heterocycles. The minimum atomic E-state index is -0.914. The Hall–Kier alpha value is -6.64. The van der Waals surface area contributed by atoms with Gasteiger partial charge in [-0.2, -0.15) is 0 Å². The van der Waals surface area contributed by atoms with E-state index in [9.17, 15) is 28.0 Å². The van der Waals surface area contributed by atoms with Crippen LogP contribution in [0.25, 0.3) is 0 Å². The first-order valence-corrected chi connectivity index (χ1v) is 25.7. The lowest BCUT2D eigenvalue weighted by Gasteiger charge is -2.48. The zero-order valence-corrected chi connectivity index (χ0v) is 40.7. The number of carbonyl (C=O) groups is 4. The Morgan fingerprint density at radius 1 is 0.535 bits per heavy atom. The van der Waals surface area contributed by atoms with Crippen molar-refractivity contribution in [3.63, 3.8) is 0 Å². The van der Waals surface area contributed by atoms with Crippen LogP contribution in [-0.4, -0.2) is 167 Å². The van der Waals surface area contributed by atoms with E-state index in [-0.39, 0.29) is 29.4 Å². The van der Waals surface area contributed by atoms with Crippen molar-refractivity contribution in [2.75, 3.05) is 101 Å². The van der Waals surface area contributed by atoms with E-state index in [1.54, 1.807) is 48.8 Å². The predicted molar refractivity (Wildman–Crippen MR) is 270 cm³/mol. The van der Waals surface area contributed by atoms with Gasteiger partial charge in [0.05, 0.1) is 5.56 Å². The molecule has 4 saturated heterocycles. The second-order valence-corrected chi connectivity index (χ2v) is 20.0. The van der Waals surface area contributed by atoms with E-state index in [0.717, 1.165) is 131 Å². The third kappa shape index (κ3) is 10.7. The lowest BCUT2D eigenvalue weighted by atomic mass is 10.0. The normalized spacial score (nSPS) is 18.1. The van der Waals surface area contributed by atoms with Crippen LogP contribution in [0, 0.1) is 11.6 Å². The molecule has 3 amide bonds. The zero-order valence-electron chi connectivity index (χ0n) is 39.0. The van der Waals surface area contributed by atoms with Gasteiger partial charge in [-0.25, -0.2) is 23.5 Å². The number of carbonyl (C=O) groups excluding carboxylic acids is 3. The molecule has 0 atom stereocenters. The smallest absolute Gasteiger partial charge is 0.335 e. The number of benzene rings is 4. The zero-order chi connectivity index (χ0) is 49.0. The summed E-state index contributed by atoms with van der Waals surface area (Å²) in [6.07, 6.45) is 5.01. The highest BCUT2D eigenvalue weighted by Gasteiger charge is 2.38. The number of anilines is 4. The maximum Gasteiger partial charge on any atom is 0.335 e. The molecule has 0 bridgehead atoms. The Morgan fingerprint density at radius 3 is 1.41 bits per heavy atom. The van der Waals surface area contributed by atoms with Crippen molar-refractivity contribution in [3.05, 3.63) is 152 Å². The van der Waals surface area contributed by atoms with Crippen molar-refractivity contribution in [1.82, 2.24) is 39.8 Å². The largest absolute Gasteiger partial charge is 0.478 e. The first-order chi connectivity index (χ1) is 34.6. The van der Waals surface area contributed by atoms with Crippen molar-refractivity contribution in [1.29, 1.82) is 0 Å². The van der Waals surface area contributed by atoms with Gasteiger partial charge in [-0.15, -0.1) is 22.7 Å². The number of piperazine rings is 2. The van der Waals surface area contributed by atoms with Gasteiger partial charge in [0.1, 0.15) is 11.6 Å². The maximum absolute atomic E-state index is 13.3. The summed E-state index contributed by atoms with van der Waals surface area (Å²) in [5.41, 5.74) is 7.16. The third-order valence-corrected chi connectivity index (χ3v) is 15.6. The predicted octanol–water partition coefficient (Wildman–Crippen LogP) is 6.35. The first-order valence-electron chi connectivity index (χ1n) is 24.0. The molecule has 71 heavy (non-hydrogen) atoms. The van der Waals surface area contributed by atoms with Gasteiger partial charge in [0.15, 0.2) is 10.0 Å². The summed E-state index contributed by atoms with van der Waals surface area (Å²) in [4.78, 5) is 71.6. The van der Waals surface area contributed by atoms with E-state index in [4.69, 9.17) is 5.11 Å². The lowest BCUT2D eigenvalue weighted by molar-refractivity contribution is 0.00851. The molecule has 6 aliphatic heterocycles. The minimum absolute atomic E-state index is 0.0136. The molecule has 4 fully saturated rings. The summed E-state index contributed by atoms with van der Waals surface area (Å²) in [5, 5.41) is 17.1. The van der Waals surface area contributed by atoms with Crippen molar-refractivity contribution >= 4 is 69.1 Å². The fourth-order valence-corrected chi connectivity index (χ4v) is 11.1. The molecule has 0 unspecified atom stereocenters. The van der Waals surface area contributed by atoms with E-state index in [1.807, 2.05) is 49.7 Å². The molecule has 6 aliphatic rings. The number of nitrogens with zero attached hydrogens (tertiary/aromatic N) is 9. The van der Waals surface area contributed by atoms with Gasteiger partial charge in [-0.05, 0) is 109 Å². The van der Waals surface area contributed by atoms with Crippen LogP contribution in [0.15, 0.2) is 108 Å². The average Bonchev–Trinajstić information content (AvgIpc) is 4.22. The molecule has 0 aliphatic carbocycles. The van der Waals surface area contributed by atoms with E-state index < -0.39 is 5.97 Å². The molecule has 19 heteroatoms. The number of hydrogen-bond donors (Lipinski definition) is 2. The average molecular weight is 1000 g/mol. The Balaban J connectivity index is 0.000000136. The quantitative estimate of drug-likeness (QED) is 0.175. The van der Waals surface area contributed by atoms with Gasteiger partial charge in [0.25, 0.3) is 17.7 Å². The van der Waals surface area contributed by atoms with Crippen LogP contribution in [0.1, 0.15) is 51.4 Å². The highest BCUT2D eigenvalue weighted by atomic mass is 32.1. The van der Waals surface area contributed by atoms with E-state index >= 15 is 0 Å². The van der Waals surface area contributed by atoms with Gasteiger partial charge in [-0.3, -0.25) is 24.2 Å². The number of aromatic nitrogens is 2. The number of likely N-dealkylation sites (tertiary alicyclic amines) is 1. The van der Waals surface area contributed by atoms with Gasteiger partial charge < -0.3 is 34.9 Å². The summed E-state index contributed by atoms with van der Waals surface area (Å²) in [5.74, 6) is -1.24. The Morgan fingerprint density at radius 2 is 0.986 bits per heavy atom. The van der Waals surface area contributed by atoms with Gasteiger partial charge >= 0.3 is 5.97 Å². The molecular weight excluding hydrogens is 947 g/mol. The number of amides is 3. The second-order valence-electron chi connectivity index (χ2n) is 18.3. The number of hydrogen-bond acceptors (Lipinski definition) is 13. The number of thiazole rings is 2. The van der Waals surface area contributed by atoms with Crippen molar-refractivity contribution in [2.45, 2.75) is 24.9 Å². The number of carboxylic acids is 1. The van der Waals surface area contributed by atoms with Crippen molar-refractivity contribution in [3.8, 4) is 0 Å². The minimum Gasteiger partial charge on any atom is -0.478 e. The van der Waals surface area contributed by atoms with Crippen molar-refractivity contribution < 1.29 is 33.1 Å². The molecule has 4 aromatic carbocycles. The summed E-state index contributed by atoms with van der Waals surface area (Å²) < 4.78 is 26.2. The topological polar surface area (TPSA) is 149 Å². The van der Waals surface area contributed by atoms with Crippen LogP contribution < -0.4 is 15.1 Å². The fraction of sp³-hybridized carbons (Fsp3) is 0.346. The number of nitrogens with one attached hydrogen (secondary N) is 1. The number of carboxylic acid groups (broad SMARTS) is 1. The summed E-state index contributed by atoms with van der Waals surface area (Å²) in [6, 6.07) is 24.9. The molecule has 6 aromatic rings. The van der Waals surface area contributed by atoms with Gasteiger partial charge in [0.2, 0.25) is 0 Å². The molecule has 2 N–H and O–H groups in total. The molecule has 0 radical (unpaired) electrons. The van der Waals surface area contributed by atoms with Crippen LogP contribution in [0.2, 0.25) is 0 Å². The monoisotopic (exact) mass is 1000 g/mol. The first kappa shape index (κ1) is 48.0. The van der Waals surface area contributed by atoms with Crippen LogP contribution in [0.4, 0.5) is 31.5 Å². The van der Waals surface area contributed by atoms with Crippen LogP contribution in [-0.2, 0) is 12.8 Å². The standard InChI is InChI=1S/C26H26FN5O2S.C15H12FNO2.C11H16N4OS/c27-20-2-4-21(5-3-20)32-9-7-18-15-19(1-6-23(18)32)25(33)31-16-22(17-31)29-10-12-30(13-11-29)26(34)24-28-8-14-35-24;16-12-2-4-13(5-3-12)17-8-7-10-9-11(15(18)19)1-6-14(10)17;16-11(10-13-1-6-17-10)15-4-2-14(3-5-15)9-7-12-8-9/h1-6,8,14-15,22H,7,9-13,16-17H2;1-6,9H,7-8H2,(H,18,19);1,6,9,12H,2-5,7-8H2. The number of fused-ring (bicyclic) bond motifs is 2. The maximum atomic E-state index is 13.3. The Bertz CT molecular complexity index is 2830. The van der Waals surface area contributed by atoms with Crippen LogP contribution >= 0.6 is 22.7 Å². The summed E-state index contributed by atoms with van der Waals surface area (Å²) >= 11 is 2.80. The third-order valence-electron chi connectivity index (χ3n) is 14.1. The molecule has 0 saturated carbocycles. The fourth-order valence-electron chi connectivity index (χ4n) is 9.92. The number of rotatable bonds is 8. The molecule has 15 nitrogen and oxygen atoms in total. The van der Waals surface area contributed by atoms with Crippen molar-refractivity contribution in [2.24, 2.45) is 0 Å². The van der Waals surface area contributed by atoms with Gasteiger partial charge in [-0.1, -0.05) is 0 Å². The molecule has 0 spiro atoms. The van der Waals surface area contributed by atoms with E-state index in [2.05, 4.69) is 34.9 Å². The molecular formula is C52H54F2N10O5S2. The highest BCUT2D eigenvalue weighted by Crippen LogP contribution is 2.37. The highest BCUT2D eigenvalue weighted by molar-refractivity contribution is 7.11. The van der Waals surface area contributed by atoms with E-state index in [1.165, 1.54) is 46.9 Å². The Kier molecular flexibility index (Phi) is 14.5. The van der Waals surface area contributed by atoms with Crippen LogP contribution in [0.5, 0.6) is 0 Å². The molecule has 368 valence electrons. The number of halogens is 2. The molecule has 12 rings (SSSR count). The SMILES string of the molecule is O=C(O)c1ccc2c(c1)CCN2c1ccc(F)cc1.O=C(c1ccc2c(c1)CCN2c1ccc(F)cc1)N1CC(N2CCN(C(=O)c3nccs3)CC2)C1.O=C(c1nccs1)N1CCN(C2CNC2)CC1. The summed E-state index contributed by atoms with van der Waals surface area (Å²) in [6.45, 7) is 11.9. The second kappa shape index (κ2) is 21.4. The van der Waals surface area contributed by atoms with Crippen LogP contribution in [0.3, 0.4) is 0 Å². The van der Waals surface area contributed by atoms with E-state index in [0.29, 0.717) is 40.8 Å². The molecule has 8 heterocycles. The number of aromatic carboxylic acids is 1. The van der Waals surface area contributed by atoms with Gasteiger partial charge in [0, 0.05) is 155 Å².